The van der Waals surface area contributed by atoms with E-state index >= 15 is 0 Å². The molecule has 0 saturated heterocycles. The van der Waals surface area contributed by atoms with Crippen molar-refractivity contribution in [3.05, 3.63) is 0 Å². The van der Waals surface area contributed by atoms with Crippen molar-refractivity contribution in [1.29, 1.82) is 0 Å². The largest absolute Gasteiger partial charge is 0.395 e. The maximum atomic E-state index is 10.5. The van der Waals surface area contributed by atoms with Gasteiger partial charge in [0, 0.05) is 0 Å². The molecule has 86 valence electrons. The molecule has 2 unspecified atom stereocenters. The first-order valence-corrected chi connectivity index (χ1v) is 6.29. The Labute approximate surface area is 80.7 Å². The first-order valence-electron chi connectivity index (χ1n) is 3.29. The first-order chi connectivity index (χ1) is 6.14. The fourth-order valence-electron chi connectivity index (χ4n) is 0.807. The van der Waals surface area contributed by atoms with Gasteiger partial charge in [-0.2, -0.15) is 16.8 Å². The number of hydrogen-bond donors (Lipinski definition) is 4. The van der Waals surface area contributed by atoms with E-state index in [4.69, 9.17) is 19.3 Å². The minimum atomic E-state index is -4.86. The summed E-state index contributed by atoms with van der Waals surface area (Å²) < 4.78 is 59.0. The van der Waals surface area contributed by atoms with Gasteiger partial charge in [-0.05, 0) is 0 Å². The summed E-state index contributed by atoms with van der Waals surface area (Å²) >= 11 is 0. The second-order valence-electron chi connectivity index (χ2n) is 2.47. The molecule has 0 saturated carbocycles. The van der Waals surface area contributed by atoms with Gasteiger partial charge in [0.15, 0.2) is 0 Å². The molecular formula is C4H10O8S2. The van der Waals surface area contributed by atoms with Crippen LogP contribution in [0.1, 0.15) is 0 Å². The van der Waals surface area contributed by atoms with Crippen LogP contribution < -0.4 is 0 Å². The standard InChI is InChI=1S/C4H10O8S2/c5-1-3(13(7,8)9)4(2-6)14(10,11)12/h3-6H,1-2H2,(H,7,8,9)(H,10,11,12). The Morgan fingerprint density at radius 1 is 0.786 bits per heavy atom. The van der Waals surface area contributed by atoms with Gasteiger partial charge in [-0.3, -0.25) is 9.11 Å². The minimum absolute atomic E-state index is 1.23. The molecule has 10 heteroatoms. The summed E-state index contributed by atoms with van der Waals surface area (Å²) in [5.74, 6) is 0. The van der Waals surface area contributed by atoms with Crippen LogP contribution in [0.3, 0.4) is 0 Å². The lowest BCUT2D eigenvalue weighted by Gasteiger charge is -2.17. The third kappa shape index (κ3) is 3.48. The van der Waals surface area contributed by atoms with Gasteiger partial charge < -0.3 is 10.2 Å². The molecule has 0 aromatic heterocycles. The highest BCUT2D eigenvalue weighted by Crippen LogP contribution is 2.11. The Balaban J connectivity index is 5.22. The van der Waals surface area contributed by atoms with E-state index in [9.17, 15) is 16.8 Å². The van der Waals surface area contributed by atoms with Crippen molar-refractivity contribution < 1.29 is 36.2 Å². The summed E-state index contributed by atoms with van der Waals surface area (Å²) in [7, 11) is -9.72. The molecule has 0 aliphatic carbocycles. The average molecular weight is 250 g/mol. The fourth-order valence-corrected chi connectivity index (χ4v) is 2.97. The van der Waals surface area contributed by atoms with Crippen LogP contribution in [-0.2, 0) is 20.2 Å². The van der Waals surface area contributed by atoms with Crippen molar-refractivity contribution in [2.75, 3.05) is 13.2 Å². The Morgan fingerprint density at radius 3 is 1.07 bits per heavy atom. The molecule has 14 heavy (non-hydrogen) atoms. The molecule has 4 N–H and O–H groups in total. The van der Waals surface area contributed by atoms with Crippen LogP contribution in [0.15, 0.2) is 0 Å². The summed E-state index contributed by atoms with van der Waals surface area (Å²) in [5.41, 5.74) is 0. The van der Waals surface area contributed by atoms with Crippen molar-refractivity contribution in [3.8, 4) is 0 Å². The third-order valence-corrected chi connectivity index (χ3v) is 4.20. The van der Waals surface area contributed by atoms with E-state index < -0.39 is 43.9 Å². The van der Waals surface area contributed by atoms with E-state index in [1.165, 1.54) is 0 Å². The van der Waals surface area contributed by atoms with Crippen molar-refractivity contribution in [2.45, 2.75) is 10.5 Å². The molecule has 0 aromatic rings. The van der Waals surface area contributed by atoms with Crippen LogP contribution in [0.25, 0.3) is 0 Å². The van der Waals surface area contributed by atoms with Crippen LogP contribution in [0.5, 0.6) is 0 Å². The third-order valence-electron chi connectivity index (χ3n) is 1.54. The summed E-state index contributed by atoms with van der Waals surface area (Å²) in [5, 5.41) is 12.7. The van der Waals surface area contributed by atoms with E-state index in [1.54, 1.807) is 0 Å². The van der Waals surface area contributed by atoms with Crippen LogP contribution in [-0.4, -0.2) is 59.9 Å². The predicted molar refractivity (Wildman–Crippen MR) is 44.8 cm³/mol. The maximum absolute atomic E-state index is 10.5. The summed E-state index contributed by atoms with van der Waals surface area (Å²) in [4.78, 5) is 0. The zero-order valence-electron chi connectivity index (χ0n) is 6.81. The number of aliphatic hydroxyl groups is 2. The lowest BCUT2D eigenvalue weighted by Crippen LogP contribution is -2.44. The fraction of sp³-hybridized carbons (Fsp3) is 1.00. The number of hydrogen-bond acceptors (Lipinski definition) is 6. The van der Waals surface area contributed by atoms with E-state index in [2.05, 4.69) is 0 Å². The normalized spacial score (nSPS) is 17.7. The lowest BCUT2D eigenvalue weighted by molar-refractivity contribution is 0.235. The van der Waals surface area contributed by atoms with Crippen LogP contribution in [0.2, 0.25) is 0 Å². The Bertz CT molecular complexity index is 328. The molecule has 2 atom stereocenters. The van der Waals surface area contributed by atoms with Crippen LogP contribution in [0, 0.1) is 0 Å². The van der Waals surface area contributed by atoms with E-state index in [0.717, 1.165) is 0 Å². The highest BCUT2D eigenvalue weighted by Gasteiger charge is 2.39. The molecule has 0 aliphatic rings. The van der Waals surface area contributed by atoms with Gasteiger partial charge in [0.2, 0.25) is 0 Å². The highest BCUT2D eigenvalue weighted by atomic mass is 32.2. The van der Waals surface area contributed by atoms with Crippen molar-refractivity contribution in [1.82, 2.24) is 0 Å². The maximum Gasteiger partial charge on any atom is 0.271 e. The topological polar surface area (TPSA) is 149 Å². The summed E-state index contributed by atoms with van der Waals surface area (Å²) in [6.07, 6.45) is 0. The first kappa shape index (κ1) is 13.7. The molecule has 8 nitrogen and oxygen atoms in total. The predicted octanol–water partition coefficient (Wildman–Crippen LogP) is -2.52. The smallest absolute Gasteiger partial charge is 0.271 e. The molecule has 0 radical (unpaired) electrons. The molecule has 0 fully saturated rings. The Morgan fingerprint density at radius 2 is 1.00 bits per heavy atom. The van der Waals surface area contributed by atoms with Crippen LogP contribution >= 0.6 is 0 Å². The molecule has 0 aliphatic heterocycles. The van der Waals surface area contributed by atoms with Gasteiger partial charge in [-0.1, -0.05) is 0 Å². The number of rotatable bonds is 5. The van der Waals surface area contributed by atoms with Gasteiger partial charge in [0.1, 0.15) is 10.5 Å². The molecule has 0 aromatic carbocycles. The summed E-state index contributed by atoms with van der Waals surface area (Å²) in [6, 6.07) is 0. The SMILES string of the molecule is O=S(=O)(O)C(CO)C(CO)S(=O)(=O)O. The lowest BCUT2D eigenvalue weighted by atomic mass is 10.3. The van der Waals surface area contributed by atoms with Crippen molar-refractivity contribution >= 4 is 20.2 Å². The second-order valence-corrected chi connectivity index (χ2v) is 5.74. The van der Waals surface area contributed by atoms with Gasteiger partial charge in [-0.25, -0.2) is 0 Å². The molecule has 0 bridgehead atoms. The van der Waals surface area contributed by atoms with E-state index in [-0.39, 0.29) is 0 Å². The molecule has 0 rings (SSSR count). The molecule has 0 spiro atoms. The van der Waals surface area contributed by atoms with E-state index in [0.29, 0.717) is 0 Å². The Kier molecular flexibility index (Phi) is 4.42. The van der Waals surface area contributed by atoms with Gasteiger partial charge in [0.25, 0.3) is 20.2 Å². The zero-order chi connectivity index (χ0) is 11.6. The van der Waals surface area contributed by atoms with E-state index in [1.807, 2.05) is 0 Å². The minimum Gasteiger partial charge on any atom is -0.395 e. The molecule has 0 heterocycles. The average Bonchev–Trinajstić information content (AvgIpc) is 1.94. The number of aliphatic hydroxyl groups excluding tert-OH is 2. The highest BCUT2D eigenvalue weighted by molar-refractivity contribution is 7.90. The van der Waals surface area contributed by atoms with Gasteiger partial charge in [0.05, 0.1) is 13.2 Å². The van der Waals surface area contributed by atoms with Crippen LogP contribution in [0.4, 0.5) is 0 Å². The summed E-state index contributed by atoms with van der Waals surface area (Å²) in [6.45, 7) is -2.46. The molecular weight excluding hydrogens is 240 g/mol. The van der Waals surface area contributed by atoms with Crippen molar-refractivity contribution in [2.24, 2.45) is 0 Å². The van der Waals surface area contributed by atoms with Gasteiger partial charge >= 0.3 is 0 Å². The van der Waals surface area contributed by atoms with Gasteiger partial charge in [-0.15, -0.1) is 0 Å². The second kappa shape index (κ2) is 4.51. The van der Waals surface area contributed by atoms with Crippen molar-refractivity contribution in [3.63, 3.8) is 0 Å². The quantitative estimate of drug-likeness (QED) is 0.390. The Hall–Kier alpha value is -0.260. The zero-order valence-corrected chi connectivity index (χ0v) is 8.44. The monoisotopic (exact) mass is 250 g/mol. The molecule has 0 amide bonds.